The lowest BCUT2D eigenvalue weighted by atomic mass is 9.90. The fourth-order valence-corrected chi connectivity index (χ4v) is 3.43. The van der Waals surface area contributed by atoms with Crippen molar-refractivity contribution >= 4 is 16.9 Å². The maximum absolute atomic E-state index is 12.5. The number of hydrogen-bond acceptors (Lipinski definition) is 4. The van der Waals surface area contributed by atoms with Crippen LogP contribution in [0.15, 0.2) is 47.8 Å². The van der Waals surface area contributed by atoms with Gasteiger partial charge in [0.1, 0.15) is 5.69 Å². The van der Waals surface area contributed by atoms with Gasteiger partial charge < -0.3 is 15.1 Å². The van der Waals surface area contributed by atoms with Gasteiger partial charge in [0, 0.05) is 18.6 Å². The van der Waals surface area contributed by atoms with Crippen LogP contribution in [0.4, 0.5) is 0 Å². The largest absolute Gasteiger partial charge is 0.429 e. The van der Waals surface area contributed by atoms with Crippen LogP contribution in [-0.2, 0) is 0 Å². The molecule has 1 aliphatic rings. The van der Waals surface area contributed by atoms with Gasteiger partial charge in [-0.3, -0.25) is 4.79 Å². The summed E-state index contributed by atoms with van der Waals surface area (Å²) in [6, 6.07) is 6.71. The maximum Gasteiger partial charge on any atom is 0.296 e. The van der Waals surface area contributed by atoms with Gasteiger partial charge in [-0.05, 0) is 68.7 Å². The first-order chi connectivity index (χ1) is 12.6. The molecule has 0 atom stereocenters. The van der Waals surface area contributed by atoms with E-state index in [4.69, 9.17) is 0 Å². The van der Waals surface area contributed by atoms with Crippen LogP contribution in [0, 0.1) is 0 Å². The minimum Gasteiger partial charge on any atom is -0.429 e. The fourth-order valence-electron chi connectivity index (χ4n) is 3.43. The van der Waals surface area contributed by atoms with E-state index in [1.165, 1.54) is 18.0 Å². The minimum absolute atomic E-state index is 0.326. The highest BCUT2D eigenvalue weighted by Gasteiger charge is 2.22. The summed E-state index contributed by atoms with van der Waals surface area (Å²) in [7, 11) is 2.14. The number of fused-ring (bicyclic) bond motifs is 1. The first-order valence-electron chi connectivity index (χ1n) is 8.73. The third-order valence-corrected chi connectivity index (χ3v) is 4.96. The number of hydrogen-bond donors (Lipinski definition) is 2. The number of rotatable bonds is 2. The molecule has 26 heavy (non-hydrogen) atoms. The van der Waals surface area contributed by atoms with Crippen LogP contribution < -0.4 is 5.36 Å². The number of carbonyl (C=O) groups is 1. The molecule has 0 unspecified atom stereocenters. The van der Waals surface area contributed by atoms with E-state index in [9.17, 15) is 10.0 Å². The molecule has 134 valence electrons. The molecule has 2 N–H and O–H groups in total. The van der Waals surface area contributed by atoms with Gasteiger partial charge in [0.2, 0.25) is 0 Å². The van der Waals surface area contributed by atoms with Crippen molar-refractivity contribution in [1.82, 2.24) is 19.6 Å². The van der Waals surface area contributed by atoms with Gasteiger partial charge in [0.15, 0.2) is 0 Å². The normalized spacial score (nSPS) is 16.0. The van der Waals surface area contributed by atoms with E-state index >= 15 is 0 Å². The molecule has 0 bridgehead atoms. The zero-order valence-electron chi connectivity index (χ0n) is 14.6. The number of aromatic nitrogens is 3. The molecule has 3 aromatic rings. The molecule has 1 aliphatic heterocycles. The Bertz CT molecular complexity index is 992. The standard InChI is InChI=1S/C19H21N5O2/c1-23-8-4-13(5-9-23)15-12-20-16-2-3-17(22-18(15)16)19(25)21-14-6-10-24(26)11-7-14/h2-3,6-7,10-13,20,26H,4-5,8-9H2,1H3. The molecule has 1 saturated heterocycles. The molecule has 4 heterocycles. The predicted octanol–water partition coefficient (Wildman–Crippen LogP) is 2.15. The molecular formula is C19H21N5O2. The SMILES string of the molecule is CN1CCC(c2c[nH]c3ccc(C(=O)N=c4ccn(O)cc4)nc23)CC1. The Morgan fingerprint density at radius 2 is 1.96 bits per heavy atom. The van der Waals surface area contributed by atoms with E-state index in [0.717, 1.165) is 41.7 Å². The smallest absolute Gasteiger partial charge is 0.296 e. The van der Waals surface area contributed by atoms with E-state index in [2.05, 4.69) is 26.9 Å². The first kappa shape index (κ1) is 16.5. The molecule has 0 saturated carbocycles. The number of likely N-dealkylation sites (tertiary alicyclic amines) is 1. The molecule has 7 heteroatoms. The van der Waals surface area contributed by atoms with Crippen molar-refractivity contribution in [1.29, 1.82) is 0 Å². The third-order valence-electron chi connectivity index (χ3n) is 4.96. The molecule has 3 aromatic heterocycles. The summed E-state index contributed by atoms with van der Waals surface area (Å²) in [5.41, 5.74) is 3.31. The lowest BCUT2D eigenvalue weighted by molar-refractivity contribution is 0.0994. The van der Waals surface area contributed by atoms with Gasteiger partial charge in [-0.1, -0.05) is 0 Å². The van der Waals surface area contributed by atoms with Crippen LogP contribution in [0.2, 0.25) is 0 Å². The zero-order valence-corrected chi connectivity index (χ0v) is 14.6. The third kappa shape index (κ3) is 3.25. The second kappa shape index (κ2) is 6.76. The number of aromatic amines is 1. The molecule has 0 aliphatic carbocycles. The van der Waals surface area contributed by atoms with Gasteiger partial charge >= 0.3 is 0 Å². The lowest BCUT2D eigenvalue weighted by Crippen LogP contribution is -2.29. The van der Waals surface area contributed by atoms with E-state index < -0.39 is 5.91 Å². The van der Waals surface area contributed by atoms with E-state index in [1.807, 2.05) is 12.3 Å². The summed E-state index contributed by atoms with van der Waals surface area (Å²) >= 11 is 0. The summed E-state index contributed by atoms with van der Waals surface area (Å²) in [4.78, 5) is 26.8. The Morgan fingerprint density at radius 3 is 2.69 bits per heavy atom. The zero-order chi connectivity index (χ0) is 18.1. The summed E-state index contributed by atoms with van der Waals surface area (Å²) in [6.07, 6.45) is 7.06. The van der Waals surface area contributed by atoms with Crippen molar-refractivity contribution in [2.75, 3.05) is 20.1 Å². The Balaban J connectivity index is 1.66. The van der Waals surface area contributed by atoms with Gasteiger partial charge in [-0.25, -0.2) is 14.7 Å². The highest BCUT2D eigenvalue weighted by atomic mass is 16.5. The Hall–Kier alpha value is -2.93. The topological polar surface area (TPSA) is 86.5 Å². The quantitative estimate of drug-likeness (QED) is 0.693. The highest BCUT2D eigenvalue weighted by molar-refractivity contribution is 5.95. The maximum atomic E-state index is 12.5. The second-order valence-corrected chi connectivity index (χ2v) is 6.77. The number of nitrogens with one attached hydrogen (secondary N) is 1. The van der Waals surface area contributed by atoms with Crippen molar-refractivity contribution in [3.05, 3.63) is 59.5 Å². The van der Waals surface area contributed by atoms with Crippen LogP contribution in [0.3, 0.4) is 0 Å². The molecular weight excluding hydrogens is 330 g/mol. The summed E-state index contributed by atoms with van der Waals surface area (Å²) < 4.78 is 0.904. The second-order valence-electron chi connectivity index (χ2n) is 6.77. The average molecular weight is 351 g/mol. The van der Waals surface area contributed by atoms with Crippen LogP contribution in [0.25, 0.3) is 11.0 Å². The number of H-pyrrole nitrogens is 1. The number of amides is 1. The number of piperidine rings is 1. The number of nitrogens with zero attached hydrogens (tertiary/aromatic N) is 4. The summed E-state index contributed by atoms with van der Waals surface area (Å²) in [5.74, 6) is 0.0713. The van der Waals surface area contributed by atoms with E-state index in [0.29, 0.717) is 17.0 Å². The van der Waals surface area contributed by atoms with Crippen LogP contribution >= 0.6 is 0 Å². The molecule has 1 amide bonds. The van der Waals surface area contributed by atoms with Crippen molar-refractivity contribution < 1.29 is 10.0 Å². The minimum atomic E-state index is -0.391. The Morgan fingerprint density at radius 1 is 1.23 bits per heavy atom. The van der Waals surface area contributed by atoms with Crippen molar-refractivity contribution in [2.24, 2.45) is 4.99 Å². The fraction of sp³-hybridized carbons (Fsp3) is 0.316. The van der Waals surface area contributed by atoms with Crippen LogP contribution in [0.1, 0.15) is 34.8 Å². The predicted molar refractivity (Wildman–Crippen MR) is 97.1 cm³/mol. The Labute approximate surface area is 150 Å². The van der Waals surface area contributed by atoms with Crippen molar-refractivity contribution in [2.45, 2.75) is 18.8 Å². The van der Waals surface area contributed by atoms with Gasteiger partial charge in [-0.2, -0.15) is 0 Å². The van der Waals surface area contributed by atoms with Gasteiger partial charge in [0.25, 0.3) is 5.91 Å². The van der Waals surface area contributed by atoms with E-state index in [1.54, 1.807) is 18.2 Å². The Kier molecular flexibility index (Phi) is 4.30. The van der Waals surface area contributed by atoms with Crippen LogP contribution in [0.5, 0.6) is 0 Å². The van der Waals surface area contributed by atoms with Gasteiger partial charge in [0.05, 0.1) is 16.4 Å². The summed E-state index contributed by atoms with van der Waals surface area (Å²) in [6.45, 7) is 2.15. The molecule has 0 radical (unpaired) electrons. The first-order valence-corrected chi connectivity index (χ1v) is 8.73. The van der Waals surface area contributed by atoms with Crippen LogP contribution in [-0.4, -0.2) is 50.8 Å². The molecule has 0 spiro atoms. The molecule has 0 aromatic carbocycles. The highest BCUT2D eigenvalue weighted by Crippen LogP contribution is 2.32. The molecule has 1 fully saturated rings. The summed E-state index contributed by atoms with van der Waals surface area (Å²) in [5, 5.41) is 9.72. The number of carbonyl (C=O) groups excluding carboxylic acids is 1. The van der Waals surface area contributed by atoms with Gasteiger partial charge in [-0.15, -0.1) is 0 Å². The van der Waals surface area contributed by atoms with Crippen molar-refractivity contribution in [3.8, 4) is 0 Å². The average Bonchev–Trinajstić information content (AvgIpc) is 3.07. The molecule has 4 rings (SSSR count). The number of pyridine rings is 2. The monoisotopic (exact) mass is 351 g/mol. The van der Waals surface area contributed by atoms with Crippen molar-refractivity contribution in [3.63, 3.8) is 0 Å². The van der Waals surface area contributed by atoms with E-state index in [-0.39, 0.29) is 0 Å². The lowest BCUT2D eigenvalue weighted by Gasteiger charge is -2.28. The molecule has 7 nitrogen and oxygen atoms in total.